The summed E-state index contributed by atoms with van der Waals surface area (Å²) in [6.07, 6.45) is 3.18. The van der Waals surface area contributed by atoms with Crippen LogP contribution in [-0.4, -0.2) is 25.0 Å². The summed E-state index contributed by atoms with van der Waals surface area (Å²) < 4.78 is 1.39. The smallest absolute Gasteiger partial charge is 0.0349 e. The van der Waals surface area contributed by atoms with E-state index in [1.165, 1.54) is 26.9 Å². The lowest BCUT2D eigenvalue weighted by molar-refractivity contribution is 0.296. The molecule has 0 bridgehead atoms. The minimum absolute atomic E-state index is 0.947. The summed E-state index contributed by atoms with van der Waals surface area (Å²) in [5.74, 6) is 0. The third-order valence-corrected chi connectivity index (χ3v) is 4.64. The Balaban J connectivity index is 2.34. The second kappa shape index (κ2) is 7.58. The van der Waals surface area contributed by atoms with Crippen LogP contribution in [0.2, 0.25) is 0 Å². The van der Waals surface area contributed by atoms with Gasteiger partial charge in [-0.3, -0.25) is 4.90 Å². The fourth-order valence-corrected chi connectivity index (χ4v) is 3.81. The molecule has 0 saturated heterocycles. The first kappa shape index (κ1) is 15.2. The number of rotatable bonds is 8. The van der Waals surface area contributed by atoms with Crippen LogP contribution in [0.1, 0.15) is 23.8 Å². The van der Waals surface area contributed by atoms with Crippen LogP contribution in [0.25, 0.3) is 10.1 Å². The van der Waals surface area contributed by atoms with Crippen LogP contribution in [0, 0.1) is 0 Å². The van der Waals surface area contributed by atoms with Crippen molar-refractivity contribution in [3.05, 3.63) is 47.4 Å². The monoisotopic (exact) mass is 288 g/mol. The highest BCUT2D eigenvalue weighted by molar-refractivity contribution is 7.19. The molecule has 3 heteroatoms. The van der Waals surface area contributed by atoms with Gasteiger partial charge in [0.05, 0.1) is 0 Å². The summed E-state index contributed by atoms with van der Waals surface area (Å²) in [6.45, 7) is 10.2. The molecule has 0 amide bonds. The van der Waals surface area contributed by atoms with E-state index in [0.29, 0.717) is 0 Å². The van der Waals surface area contributed by atoms with E-state index in [1.807, 2.05) is 24.5 Å². The first-order valence-corrected chi connectivity index (χ1v) is 8.09. The average molecular weight is 288 g/mol. The summed E-state index contributed by atoms with van der Waals surface area (Å²) in [5, 5.41) is 4.70. The van der Waals surface area contributed by atoms with Gasteiger partial charge in [-0.05, 0) is 37.0 Å². The summed E-state index contributed by atoms with van der Waals surface area (Å²) >= 11 is 1.91. The van der Waals surface area contributed by atoms with Crippen molar-refractivity contribution >= 4 is 21.4 Å². The zero-order chi connectivity index (χ0) is 14.4. The van der Waals surface area contributed by atoms with Crippen molar-refractivity contribution in [1.29, 1.82) is 0 Å². The van der Waals surface area contributed by atoms with Crippen LogP contribution in [0.5, 0.6) is 0 Å². The van der Waals surface area contributed by atoms with E-state index in [9.17, 15) is 0 Å². The predicted molar refractivity (Wildman–Crippen MR) is 90.4 cm³/mol. The second-order valence-electron chi connectivity index (χ2n) is 5.05. The molecule has 0 fully saturated rings. The quantitative estimate of drug-likeness (QED) is 0.738. The lowest BCUT2D eigenvalue weighted by Gasteiger charge is -2.20. The van der Waals surface area contributed by atoms with Crippen molar-refractivity contribution in [1.82, 2.24) is 10.2 Å². The predicted octanol–water partition coefficient (Wildman–Crippen LogP) is 4.02. The molecule has 0 aliphatic carbocycles. The van der Waals surface area contributed by atoms with E-state index in [4.69, 9.17) is 0 Å². The molecular formula is C17H24N2S. The number of thiophene rings is 1. The van der Waals surface area contributed by atoms with Gasteiger partial charge in [-0.25, -0.2) is 0 Å². The number of fused-ring (bicyclic) bond motifs is 1. The molecule has 0 aliphatic heterocycles. The SMILES string of the molecule is C=CCN(CCC)Cc1c(CNC)sc2ccccc12. The number of nitrogens with zero attached hydrogens (tertiary/aromatic N) is 1. The molecule has 2 aromatic rings. The Labute approximate surface area is 126 Å². The van der Waals surface area contributed by atoms with Gasteiger partial charge in [-0.1, -0.05) is 31.2 Å². The molecular weight excluding hydrogens is 264 g/mol. The van der Waals surface area contributed by atoms with E-state index >= 15 is 0 Å². The number of hydrogen-bond donors (Lipinski definition) is 1. The van der Waals surface area contributed by atoms with Gasteiger partial charge >= 0.3 is 0 Å². The highest BCUT2D eigenvalue weighted by Crippen LogP contribution is 2.32. The van der Waals surface area contributed by atoms with Crippen molar-refractivity contribution in [2.75, 3.05) is 20.1 Å². The maximum absolute atomic E-state index is 3.88. The molecule has 0 unspecified atom stereocenters. The van der Waals surface area contributed by atoms with Gasteiger partial charge in [-0.2, -0.15) is 0 Å². The maximum atomic E-state index is 3.88. The highest BCUT2D eigenvalue weighted by atomic mass is 32.1. The molecule has 0 atom stereocenters. The largest absolute Gasteiger partial charge is 0.315 e. The summed E-state index contributed by atoms with van der Waals surface area (Å²) in [5.41, 5.74) is 1.48. The number of benzene rings is 1. The molecule has 108 valence electrons. The second-order valence-corrected chi connectivity index (χ2v) is 6.19. The van der Waals surface area contributed by atoms with Gasteiger partial charge in [0.25, 0.3) is 0 Å². The van der Waals surface area contributed by atoms with Crippen molar-refractivity contribution in [3.63, 3.8) is 0 Å². The zero-order valence-electron chi connectivity index (χ0n) is 12.5. The van der Waals surface area contributed by atoms with Gasteiger partial charge in [0.15, 0.2) is 0 Å². The summed E-state index contributed by atoms with van der Waals surface area (Å²) in [7, 11) is 2.02. The Morgan fingerprint density at radius 3 is 2.85 bits per heavy atom. The molecule has 0 aliphatic rings. The lowest BCUT2D eigenvalue weighted by atomic mass is 10.1. The van der Waals surface area contributed by atoms with E-state index in [2.05, 4.69) is 48.0 Å². The Hall–Kier alpha value is -1.16. The van der Waals surface area contributed by atoms with E-state index in [0.717, 1.165) is 26.2 Å². The van der Waals surface area contributed by atoms with Gasteiger partial charge in [0, 0.05) is 29.2 Å². The van der Waals surface area contributed by atoms with Crippen molar-refractivity contribution in [2.45, 2.75) is 26.4 Å². The first-order chi connectivity index (χ1) is 9.80. The summed E-state index contributed by atoms with van der Waals surface area (Å²) in [6, 6.07) is 8.73. The van der Waals surface area contributed by atoms with Crippen LogP contribution in [-0.2, 0) is 13.1 Å². The molecule has 0 radical (unpaired) electrons. The van der Waals surface area contributed by atoms with Crippen molar-refractivity contribution in [2.24, 2.45) is 0 Å². The van der Waals surface area contributed by atoms with Crippen LogP contribution in [0.4, 0.5) is 0 Å². The van der Waals surface area contributed by atoms with E-state index in [-0.39, 0.29) is 0 Å². The Bertz CT molecular complexity index is 559. The fraction of sp³-hybridized carbons (Fsp3) is 0.412. The zero-order valence-corrected chi connectivity index (χ0v) is 13.3. The normalized spacial score (nSPS) is 11.3. The Kier molecular flexibility index (Phi) is 5.77. The van der Waals surface area contributed by atoms with Crippen LogP contribution in [0.3, 0.4) is 0 Å². The van der Waals surface area contributed by atoms with E-state index in [1.54, 1.807) is 0 Å². The fourth-order valence-electron chi connectivity index (χ4n) is 2.58. The third-order valence-electron chi connectivity index (χ3n) is 3.43. The molecule has 1 aromatic heterocycles. The minimum atomic E-state index is 0.947. The highest BCUT2D eigenvalue weighted by Gasteiger charge is 2.14. The summed E-state index contributed by atoms with van der Waals surface area (Å²) in [4.78, 5) is 3.93. The van der Waals surface area contributed by atoms with Crippen LogP contribution in [0.15, 0.2) is 36.9 Å². The molecule has 1 N–H and O–H groups in total. The van der Waals surface area contributed by atoms with Gasteiger partial charge in [0.1, 0.15) is 0 Å². The first-order valence-electron chi connectivity index (χ1n) is 7.27. The molecule has 0 saturated carbocycles. The standard InChI is InChI=1S/C17H24N2S/c1-4-10-19(11-5-2)13-15-14-8-6-7-9-16(14)20-17(15)12-18-3/h4,6-9,18H,1,5,10-13H2,2-3H3. The third kappa shape index (κ3) is 3.48. The Morgan fingerprint density at radius 1 is 1.35 bits per heavy atom. The maximum Gasteiger partial charge on any atom is 0.0349 e. The Morgan fingerprint density at radius 2 is 2.15 bits per heavy atom. The lowest BCUT2D eigenvalue weighted by Crippen LogP contribution is -2.24. The topological polar surface area (TPSA) is 15.3 Å². The molecule has 1 aromatic carbocycles. The van der Waals surface area contributed by atoms with Crippen LogP contribution < -0.4 is 5.32 Å². The molecule has 1 heterocycles. The van der Waals surface area contributed by atoms with Gasteiger partial charge in [0.2, 0.25) is 0 Å². The van der Waals surface area contributed by atoms with E-state index < -0.39 is 0 Å². The number of nitrogens with one attached hydrogen (secondary N) is 1. The average Bonchev–Trinajstić information content (AvgIpc) is 2.78. The molecule has 2 rings (SSSR count). The number of hydrogen-bond acceptors (Lipinski definition) is 3. The molecule has 0 spiro atoms. The van der Waals surface area contributed by atoms with Crippen molar-refractivity contribution in [3.8, 4) is 0 Å². The van der Waals surface area contributed by atoms with Gasteiger partial charge < -0.3 is 5.32 Å². The van der Waals surface area contributed by atoms with Gasteiger partial charge in [-0.15, -0.1) is 17.9 Å². The van der Waals surface area contributed by atoms with Crippen molar-refractivity contribution < 1.29 is 0 Å². The molecule has 2 nitrogen and oxygen atoms in total. The molecule has 20 heavy (non-hydrogen) atoms. The van der Waals surface area contributed by atoms with Crippen LogP contribution >= 0.6 is 11.3 Å². The minimum Gasteiger partial charge on any atom is -0.315 e.